The summed E-state index contributed by atoms with van der Waals surface area (Å²) < 4.78 is 21.6. The Balaban J connectivity index is 1.94. The number of fused-ring (bicyclic) bond motifs is 1. The number of benzene rings is 2. The third-order valence-electron chi connectivity index (χ3n) is 4.43. The molecule has 1 atom stereocenters. The fourth-order valence-corrected chi connectivity index (χ4v) is 3.01. The first kappa shape index (κ1) is 19.5. The highest BCUT2D eigenvalue weighted by Crippen LogP contribution is 2.36. The highest BCUT2D eigenvalue weighted by molar-refractivity contribution is 5.89. The summed E-state index contributed by atoms with van der Waals surface area (Å²) in [5.41, 5.74) is 1.92. The number of hydrogen-bond acceptors (Lipinski definition) is 6. The van der Waals surface area contributed by atoms with E-state index in [1.165, 1.54) is 7.11 Å². The molecule has 0 aromatic heterocycles. The molecule has 7 nitrogen and oxygen atoms in total. The van der Waals surface area contributed by atoms with E-state index in [9.17, 15) is 9.59 Å². The van der Waals surface area contributed by atoms with Crippen molar-refractivity contribution in [2.75, 3.05) is 21.0 Å². The Morgan fingerprint density at radius 2 is 1.93 bits per heavy atom. The number of aryl methyl sites for hydroxylation is 1. The third kappa shape index (κ3) is 4.03. The van der Waals surface area contributed by atoms with Gasteiger partial charge >= 0.3 is 5.97 Å². The molecule has 0 saturated carbocycles. The van der Waals surface area contributed by atoms with Crippen LogP contribution < -0.4 is 19.5 Å². The van der Waals surface area contributed by atoms with Gasteiger partial charge in [-0.1, -0.05) is 19.4 Å². The molecule has 0 saturated heterocycles. The lowest BCUT2D eigenvalue weighted by Gasteiger charge is -2.21. The zero-order valence-corrected chi connectivity index (χ0v) is 16.1. The minimum absolute atomic E-state index is 0.153. The van der Waals surface area contributed by atoms with Crippen LogP contribution in [0.4, 0.5) is 0 Å². The van der Waals surface area contributed by atoms with Crippen molar-refractivity contribution in [2.24, 2.45) is 0 Å². The van der Waals surface area contributed by atoms with Gasteiger partial charge in [0.15, 0.2) is 11.5 Å². The molecule has 1 heterocycles. The number of hydrogen-bond donors (Lipinski definition) is 1. The number of amides is 1. The van der Waals surface area contributed by atoms with Gasteiger partial charge in [-0.2, -0.15) is 0 Å². The maximum absolute atomic E-state index is 12.5. The zero-order valence-electron chi connectivity index (χ0n) is 16.1. The summed E-state index contributed by atoms with van der Waals surface area (Å²) in [6.07, 6.45) is 0.677. The van der Waals surface area contributed by atoms with Gasteiger partial charge in [-0.15, -0.1) is 0 Å². The number of rotatable bonds is 7. The average Bonchev–Trinajstić information content (AvgIpc) is 3.19. The Hall–Kier alpha value is -3.22. The van der Waals surface area contributed by atoms with Gasteiger partial charge in [0.1, 0.15) is 5.75 Å². The minimum atomic E-state index is -0.876. The Kier molecular flexibility index (Phi) is 6.03. The maximum Gasteiger partial charge on any atom is 0.337 e. The summed E-state index contributed by atoms with van der Waals surface area (Å²) in [6.45, 7) is 2.18. The number of methoxy groups -OCH3 is 1. The van der Waals surface area contributed by atoms with E-state index >= 15 is 0 Å². The van der Waals surface area contributed by atoms with E-state index in [1.54, 1.807) is 43.4 Å². The predicted molar refractivity (Wildman–Crippen MR) is 102 cm³/mol. The number of esters is 1. The second kappa shape index (κ2) is 8.65. The Bertz CT molecular complexity index is 879. The summed E-state index contributed by atoms with van der Waals surface area (Å²) in [4.78, 5) is 24.4. The van der Waals surface area contributed by atoms with Crippen molar-refractivity contribution in [3.8, 4) is 17.2 Å². The molecule has 1 aliphatic heterocycles. The van der Waals surface area contributed by atoms with Crippen LogP contribution in [0.25, 0.3) is 0 Å². The van der Waals surface area contributed by atoms with E-state index < -0.39 is 12.1 Å². The van der Waals surface area contributed by atoms with Crippen LogP contribution in [-0.2, 0) is 16.0 Å². The normalized spacial score (nSPS) is 13.0. The SMILES string of the molecule is CCCc1cc(C(=O)OC)ccc1O[C@@H](C(=O)NC)c1ccc2c(c1)OCO2. The molecule has 1 N–H and O–H groups in total. The van der Waals surface area contributed by atoms with E-state index in [2.05, 4.69) is 5.32 Å². The number of likely N-dealkylation sites (N-methyl/N-ethyl adjacent to an activating group) is 1. The molecule has 148 valence electrons. The number of ether oxygens (including phenoxy) is 4. The first-order chi connectivity index (χ1) is 13.6. The van der Waals surface area contributed by atoms with Crippen molar-refractivity contribution in [1.29, 1.82) is 0 Å². The molecule has 0 aliphatic carbocycles. The van der Waals surface area contributed by atoms with E-state index in [0.29, 0.717) is 34.8 Å². The second-order valence-electron chi connectivity index (χ2n) is 6.29. The Morgan fingerprint density at radius 1 is 1.14 bits per heavy atom. The van der Waals surface area contributed by atoms with Crippen molar-refractivity contribution in [1.82, 2.24) is 5.32 Å². The lowest BCUT2D eigenvalue weighted by atomic mass is 10.0. The molecule has 28 heavy (non-hydrogen) atoms. The highest BCUT2D eigenvalue weighted by Gasteiger charge is 2.26. The summed E-state index contributed by atoms with van der Waals surface area (Å²) in [5, 5.41) is 2.63. The van der Waals surface area contributed by atoms with Crippen LogP contribution >= 0.6 is 0 Å². The maximum atomic E-state index is 12.5. The van der Waals surface area contributed by atoms with E-state index in [4.69, 9.17) is 18.9 Å². The molecule has 1 amide bonds. The van der Waals surface area contributed by atoms with E-state index in [1.807, 2.05) is 6.92 Å². The molecule has 7 heteroatoms. The molecule has 2 aromatic carbocycles. The van der Waals surface area contributed by atoms with Gasteiger partial charge in [0.05, 0.1) is 12.7 Å². The summed E-state index contributed by atoms with van der Waals surface area (Å²) in [7, 11) is 2.90. The van der Waals surface area contributed by atoms with Crippen molar-refractivity contribution in [2.45, 2.75) is 25.9 Å². The lowest BCUT2D eigenvalue weighted by Crippen LogP contribution is -2.29. The molecule has 0 spiro atoms. The van der Waals surface area contributed by atoms with Crippen molar-refractivity contribution in [3.63, 3.8) is 0 Å². The molecule has 0 bridgehead atoms. The summed E-state index contributed by atoms with van der Waals surface area (Å²) in [5.74, 6) is 1.04. The van der Waals surface area contributed by atoms with Crippen molar-refractivity contribution >= 4 is 11.9 Å². The molecular weight excluding hydrogens is 362 g/mol. The summed E-state index contributed by atoms with van der Waals surface area (Å²) >= 11 is 0. The monoisotopic (exact) mass is 385 g/mol. The smallest absolute Gasteiger partial charge is 0.337 e. The third-order valence-corrected chi connectivity index (χ3v) is 4.43. The van der Waals surface area contributed by atoms with Gasteiger partial charge in [-0.05, 0) is 42.3 Å². The van der Waals surface area contributed by atoms with Crippen LogP contribution in [0.3, 0.4) is 0 Å². The number of carbonyl (C=O) groups is 2. The Morgan fingerprint density at radius 3 is 2.64 bits per heavy atom. The van der Waals surface area contributed by atoms with E-state index in [-0.39, 0.29) is 12.7 Å². The molecule has 0 unspecified atom stereocenters. The minimum Gasteiger partial charge on any atom is -0.476 e. The van der Waals surface area contributed by atoms with Crippen LogP contribution in [0, 0.1) is 0 Å². The molecule has 0 fully saturated rings. The fourth-order valence-electron chi connectivity index (χ4n) is 3.01. The van der Waals surface area contributed by atoms with Crippen LogP contribution in [0.2, 0.25) is 0 Å². The van der Waals surface area contributed by atoms with Gasteiger partial charge in [0.2, 0.25) is 12.9 Å². The molecular formula is C21H23NO6. The van der Waals surface area contributed by atoms with Gasteiger partial charge in [0, 0.05) is 12.6 Å². The zero-order chi connectivity index (χ0) is 20.1. The van der Waals surface area contributed by atoms with Gasteiger partial charge in [-0.3, -0.25) is 4.79 Å². The average molecular weight is 385 g/mol. The van der Waals surface area contributed by atoms with Crippen molar-refractivity contribution in [3.05, 3.63) is 53.1 Å². The molecule has 2 aromatic rings. The Labute approximate surface area is 163 Å². The fraction of sp³-hybridized carbons (Fsp3) is 0.333. The molecule has 1 aliphatic rings. The summed E-state index contributed by atoms with van der Waals surface area (Å²) in [6, 6.07) is 10.3. The first-order valence-electron chi connectivity index (χ1n) is 9.06. The van der Waals surface area contributed by atoms with Gasteiger partial charge in [-0.25, -0.2) is 4.79 Å². The van der Waals surface area contributed by atoms with Crippen LogP contribution in [0.15, 0.2) is 36.4 Å². The largest absolute Gasteiger partial charge is 0.476 e. The highest BCUT2D eigenvalue weighted by atomic mass is 16.7. The number of nitrogens with one attached hydrogen (secondary N) is 1. The quantitative estimate of drug-likeness (QED) is 0.738. The second-order valence-corrected chi connectivity index (χ2v) is 6.29. The van der Waals surface area contributed by atoms with Crippen LogP contribution in [0.5, 0.6) is 17.2 Å². The van der Waals surface area contributed by atoms with Crippen LogP contribution in [-0.4, -0.2) is 32.8 Å². The molecule has 3 rings (SSSR count). The standard InChI is InChI=1S/C21H23NO6/c1-4-5-13-10-15(21(24)25-3)7-8-16(13)28-19(20(23)22-2)14-6-9-17-18(11-14)27-12-26-17/h6-11,19H,4-5,12H2,1-3H3,(H,22,23)/t19-/m1/s1. The number of carbonyl (C=O) groups excluding carboxylic acids is 2. The lowest BCUT2D eigenvalue weighted by molar-refractivity contribution is -0.127. The van der Waals surface area contributed by atoms with Gasteiger partial charge < -0.3 is 24.3 Å². The molecule has 0 radical (unpaired) electrons. The van der Waals surface area contributed by atoms with Crippen molar-refractivity contribution < 1.29 is 28.5 Å². The van der Waals surface area contributed by atoms with E-state index in [0.717, 1.165) is 12.0 Å². The predicted octanol–water partition coefficient (Wildman–Crippen LogP) is 3.02. The topological polar surface area (TPSA) is 83.1 Å². The van der Waals surface area contributed by atoms with Gasteiger partial charge in [0.25, 0.3) is 5.91 Å². The van der Waals surface area contributed by atoms with Crippen LogP contribution in [0.1, 0.15) is 40.9 Å². The first-order valence-corrected chi connectivity index (χ1v) is 9.06.